The molecule has 0 fully saturated rings. The molecule has 8 heteroatoms. The van der Waals surface area contributed by atoms with Gasteiger partial charge in [0, 0.05) is 17.3 Å². The Morgan fingerprint density at radius 1 is 0.800 bits per heavy atom. The Morgan fingerprint density at radius 3 is 1.80 bits per heavy atom. The van der Waals surface area contributed by atoms with Crippen molar-refractivity contribution >= 4 is 0 Å². The van der Waals surface area contributed by atoms with E-state index in [-0.39, 0.29) is 0 Å². The summed E-state index contributed by atoms with van der Waals surface area (Å²) in [5.41, 5.74) is -2.67. The van der Waals surface area contributed by atoms with Crippen LogP contribution < -0.4 is 0 Å². The molecule has 1 heterocycles. The molecule has 1 aromatic carbocycles. The standard InChI is InChI=1S/C12H5F6NO/c13-6-2-19-1-4(5(6)3-20)7-8(14)10(16)12(18)11(17)9(7)15/h1-2,20H,3H2. The van der Waals surface area contributed by atoms with Crippen LogP contribution in [0, 0.1) is 34.9 Å². The molecular weight excluding hydrogens is 288 g/mol. The summed E-state index contributed by atoms with van der Waals surface area (Å²) in [6, 6.07) is 0. The molecule has 106 valence electrons. The van der Waals surface area contributed by atoms with Gasteiger partial charge in [-0.25, -0.2) is 26.3 Å². The predicted molar refractivity (Wildman–Crippen MR) is 55.3 cm³/mol. The zero-order valence-electron chi connectivity index (χ0n) is 9.52. The molecule has 0 atom stereocenters. The zero-order chi connectivity index (χ0) is 15.0. The molecule has 2 aromatic rings. The van der Waals surface area contributed by atoms with Crippen LogP contribution in [0.2, 0.25) is 0 Å². The maximum absolute atomic E-state index is 13.6. The highest BCUT2D eigenvalue weighted by atomic mass is 19.2. The van der Waals surface area contributed by atoms with Gasteiger partial charge in [0.25, 0.3) is 0 Å². The van der Waals surface area contributed by atoms with Crippen molar-refractivity contribution in [2.75, 3.05) is 0 Å². The fourth-order valence-electron chi connectivity index (χ4n) is 1.68. The number of hydrogen-bond donors (Lipinski definition) is 1. The minimum absolute atomic E-state index is 0.622. The third-order valence-corrected chi connectivity index (χ3v) is 2.64. The predicted octanol–water partition coefficient (Wildman–Crippen LogP) is 3.08. The van der Waals surface area contributed by atoms with Gasteiger partial charge in [0.05, 0.1) is 18.4 Å². The molecule has 0 radical (unpaired) electrons. The minimum atomic E-state index is -2.32. The van der Waals surface area contributed by atoms with Crippen LogP contribution >= 0.6 is 0 Å². The third-order valence-electron chi connectivity index (χ3n) is 2.64. The van der Waals surface area contributed by atoms with Crippen LogP contribution in [-0.4, -0.2) is 10.1 Å². The van der Waals surface area contributed by atoms with Crippen molar-refractivity contribution in [2.45, 2.75) is 6.61 Å². The number of nitrogens with zero attached hydrogens (tertiary/aromatic N) is 1. The molecular formula is C12H5F6NO. The number of rotatable bonds is 2. The first-order valence-electron chi connectivity index (χ1n) is 5.15. The topological polar surface area (TPSA) is 33.1 Å². The SMILES string of the molecule is OCc1c(F)cncc1-c1c(F)c(F)c(F)c(F)c1F. The summed E-state index contributed by atoms with van der Waals surface area (Å²) >= 11 is 0. The first kappa shape index (κ1) is 14.3. The summed E-state index contributed by atoms with van der Waals surface area (Å²) in [5, 5.41) is 8.96. The molecule has 1 aromatic heterocycles. The number of benzene rings is 1. The Hall–Kier alpha value is -2.09. The molecule has 0 saturated carbocycles. The van der Waals surface area contributed by atoms with E-state index in [0.29, 0.717) is 12.4 Å². The number of hydrogen-bond acceptors (Lipinski definition) is 2. The van der Waals surface area contributed by atoms with Crippen molar-refractivity contribution in [3.8, 4) is 11.1 Å². The summed E-state index contributed by atoms with van der Waals surface area (Å²) in [6.45, 7) is -0.997. The van der Waals surface area contributed by atoms with Crippen LogP contribution in [0.3, 0.4) is 0 Å². The van der Waals surface area contributed by atoms with Crippen LogP contribution in [-0.2, 0) is 6.61 Å². The number of pyridine rings is 1. The van der Waals surface area contributed by atoms with Gasteiger partial charge in [0.15, 0.2) is 23.3 Å². The van der Waals surface area contributed by atoms with E-state index in [1.54, 1.807) is 0 Å². The van der Waals surface area contributed by atoms with Crippen molar-refractivity contribution < 1.29 is 31.4 Å². The number of aliphatic hydroxyl groups excluding tert-OH is 1. The quantitative estimate of drug-likeness (QED) is 0.524. The number of aromatic nitrogens is 1. The highest BCUT2D eigenvalue weighted by molar-refractivity contribution is 5.68. The Bertz CT molecular complexity index is 659. The van der Waals surface area contributed by atoms with Crippen molar-refractivity contribution in [2.24, 2.45) is 0 Å². The largest absolute Gasteiger partial charge is 0.392 e. The fraction of sp³-hybridized carbons (Fsp3) is 0.0833. The normalized spacial score (nSPS) is 10.9. The van der Waals surface area contributed by atoms with Gasteiger partial charge in [0.1, 0.15) is 5.82 Å². The van der Waals surface area contributed by atoms with Gasteiger partial charge < -0.3 is 5.11 Å². The van der Waals surface area contributed by atoms with Crippen molar-refractivity contribution in [3.05, 3.63) is 52.9 Å². The Kier molecular flexibility index (Phi) is 3.67. The van der Waals surface area contributed by atoms with Gasteiger partial charge in [-0.05, 0) is 0 Å². The fourth-order valence-corrected chi connectivity index (χ4v) is 1.68. The molecule has 0 amide bonds. The summed E-state index contributed by atoms with van der Waals surface area (Å²) in [7, 11) is 0. The van der Waals surface area contributed by atoms with E-state index >= 15 is 0 Å². The first-order valence-corrected chi connectivity index (χ1v) is 5.15. The van der Waals surface area contributed by atoms with E-state index in [1.807, 2.05) is 0 Å². The molecule has 0 spiro atoms. The van der Waals surface area contributed by atoms with Crippen molar-refractivity contribution in [3.63, 3.8) is 0 Å². The van der Waals surface area contributed by atoms with E-state index < -0.39 is 58.2 Å². The molecule has 2 rings (SSSR count). The zero-order valence-corrected chi connectivity index (χ0v) is 9.52. The maximum atomic E-state index is 13.6. The molecule has 0 aliphatic heterocycles. The third kappa shape index (κ3) is 2.01. The molecule has 2 nitrogen and oxygen atoms in total. The monoisotopic (exact) mass is 293 g/mol. The van der Waals surface area contributed by atoms with Gasteiger partial charge in [0.2, 0.25) is 5.82 Å². The van der Waals surface area contributed by atoms with Gasteiger partial charge in [-0.3, -0.25) is 4.98 Å². The van der Waals surface area contributed by atoms with Crippen LogP contribution in [0.4, 0.5) is 26.3 Å². The van der Waals surface area contributed by atoms with Gasteiger partial charge in [-0.1, -0.05) is 0 Å². The summed E-state index contributed by atoms with van der Waals surface area (Å²) < 4.78 is 79.6. The van der Waals surface area contributed by atoms with Crippen LogP contribution in [0.5, 0.6) is 0 Å². The average Bonchev–Trinajstić information content (AvgIpc) is 2.43. The lowest BCUT2D eigenvalue weighted by Crippen LogP contribution is -2.06. The smallest absolute Gasteiger partial charge is 0.200 e. The maximum Gasteiger partial charge on any atom is 0.200 e. The van der Waals surface area contributed by atoms with Gasteiger partial charge in [-0.2, -0.15) is 0 Å². The van der Waals surface area contributed by atoms with E-state index in [9.17, 15) is 26.3 Å². The second-order valence-corrected chi connectivity index (χ2v) is 3.75. The lowest BCUT2D eigenvalue weighted by Gasteiger charge is -2.11. The summed E-state index contributed by atoms with van der Waals surface area (Å²) in [4.78, 5) is 3.28. The van der Waals surface area contributed by atoms with Gasteiger partial charge in [-0.15, -0.1) is 0 Å². The van der Waals surface area contributed by atoms with Gasteiger partial charge >= 0.3 is 0 Å². The lowest BCUT2D eigenvalue weighted by molar-refractivity contribution is 0.276. The van der Waals surface area contributed by atoms with Crippen LogP contribution in [0.1, 0.15) is 5.56 Å². The first-order chi connectivity index (χ1) is 9.40. The molecule has 1 N–H and O–H groups in total. The van der Waals surface area contributed by atoms with E-state index in [2.05, 4.69) is 4.98 Å². The molecule has 20 heavy (non-hydrogen) atoms. The van der Waals surface area contributed by atoms with E-state index in [1.165, 1.54) is 0 Å². The minimum Gasteiger partial charge on any atom is -0.392 e. The van der Waals surface area contributed by atoms with E-state index in [0.717, 1.165) is 0 Å². The number of halogens is 6. The lowest BCUT2D eigenvalue weighted by atomic mass is 10.00. The Balaban J connectivity index is 2.87. The molecule has 0 saturated heterocycles. The average molecular weight is 293 g/mol. The van der Waals surface area contributed by atoms with Crippen LogP contribution in [0.15, 0.2) is 12.4 Å². The van der Waals surface area contributed by atoms with Crippen molar-refractivity contribution in [1.29, 1.82) is 0 Å². The Morgan fingerprint density at radius 2 is 1.30 bits per heavy atom. The molecule has 0 unspecified atom stereocenters. The summed E-state index contributed by atoms with van der Waals surface area (Å²) in [6.07, 6.45) is 1.34. The van der Waals surface area contributed by atoms with Crippen LogP contribution in [0.25, 0.3) is 11.1 Å². The van der Waals surface area contributed by atoms with Crippen molar-refractivity contribution in [1.82, 2.24) is 4.98 Å². The molecule has 0 aliphatic carbocycles. The summed E-state index contributed by atoms with van der Waals surface area (Å²) in [5.74, 6) is -12.0. The Labute approximate surface area is 108 Å². The highest BCUT2D eigenvalue weighted by Crippen LogP contribution is 2.33. The van der Waals surface area contributed by atoms with E-state index in [4.69, 9.17) is 5.11 Å². The molecule has 0 aliphatic rings. The highest BCUT2D eigenvalue weighted by Gasteiger charge is 2.28. The number of aliphatic hydroxyl groups is 1. The molecule has 0 bridgehead atoms. The second-order valence-electron chi connectivity index (χ2n) is 3.75. The second kappa shape index (κ2) is 5.12.